The van der Waals surface area contributed by atoms with E-state index < -0.39 is 0 Å². The first-order valence-electron chi connectivity index (χ1n) is 10.4. The van der Waals surface area contributed by atoms with E-state index in [9.17, 15) is 9.90 Å². The first-order chi connectivity index (χ1) is 14.4. The third-order valence-corrected chi connectivity index (χ3v) is 6.37. The van der Waals surface area contributed by atoms with Crippen LogP contribution in [0.3, 0.4) is 0 Å². The van der Waals surface area contributed by atoms with Crippen LogP contribution in [0.2, 0.25) is 0 Å². The summed E-state index contributed by atoms with van der Waals surface area (Å²) in [5.41, 5.74) is 2.19. The first-order valence-corrected chi connectivity index (χ1v) is 10.4. The van der Waals surface area contributed by atoms with Gasteiger partial charge < -0.3 is 20.6 Å². The summed E-state index contributed by atoms with van der Waals surface area (Å²) in [6.45, 7) is 2.32. The lowest BCUT2D eigenvalue weighted by atomic mass is 9.88. The highest BCUT2D eigenvalue weighted by atomic mass is 16.3. The van der Waals surface area contributed by atoms with Crippen molar-refractivity contribution < 1.29 is 9.90 Å². The molecule has 2 aliphatic rings. The summed E-state index contributed by atoms with van der Waals surface area (Å²) in [7, 11) is 3.66. The number of phenolic OH excluding ortho intramolecular Hbond substituents is 1. The molecule has 1 amide bonds. The maximum atomic E-state index is 11.3. The number of nitrogens with one attached hydrogen (secondary N) is 2. The summed E-state index contributed by atoms with van der Waals surface area (Å²) in [5.74, 6) is 0.755. The topological polar surface area (TPSA) is 90.4 Å². The Bertz CT molecular complexity index is 959. The molecule has 158 valence electrons. The molecule has 3 atom stereocenters. The summed E-state index contributed by atoms with van der Waals surface area (Å²) in [5, 5.41) is 25.5. The average molecular weight is 408 g/mol. The monoisotopic (exact) mass is 407 g/mol. The minimum Gasteiger partial charge on any atom is -0.507 e. The largest absolute Gasteiger partial charge is 0.507 e. The Hall–Kier alpha value is -2.93. The number of phenols is 1. The molecule has 0 aliphatic carbocycles. The van der Waals surface area contributed by atoms with Crippen LogP contribution in [0.5, 0.6) is 5.75 Å². The Labute approximate surface area is 177 Å². The fourth-order valence-electron chi connectivity index (χ4n) is 4.66. The Morgan fingerprint density at radius 2 is 2.17 bits per heavy atom. The quantitative estimate of drug-likeness (QED) is 0.661. The van der Waals surface area contributed by atoms with Crippen molar-refractivity contribution >= 4 is 17.8 Å². The number of hydrogen-bond donors (Lipinski definition) is 3. The van der Waals surface area contributed by atoms with Gasteiger partial charge in [-0.3, -0.25) is 4.79 Å². The Balaban J connectivity index is 1.48. The van der Waals surface area contributed by atoms with E-state index in [1.54, 1.807) is 25.3 Å². The highest BCUT2D eigenvalue weighted by Gasteiger charge is 2.43. The maximum absolute atomic E-state index is 11.3. The number of fused-ring (bicyclic) bond motifs is 2. The number of likely N-dealkylation sites (N-methyl/N-ethyl adjacent to an activating group) is 1. The Morgan fingerprint density at radius 1 is 1.33 bits per heavy atom. The van der Waals surface area contributed by atoms with Crippen LogP contribution in [0, 0.1) is 0 Å². The van der Waals surface area contributed by atoms with Crippen molar-refractivity contribution in [1.82, 2.24) is 20.8 Å². The lowest BCUT2D eigenvalue weighted by Crippen LogP contribution is -2.53. The molecule has 4 rings (SSSR count). The molecule has 0 spiro atoms. The van der Waals surface area contributed by atoms with Gasteiger partial charge in [-0.25, -0.2) is 0 Å². The molecule has 2 fully saturated rings. The molecule has 7 heteroatoms. The first kappa shape index (κ1) is 20.3. The standard InChI is InChI=1S/C23H29N5O2/c1-23-11-10-16(25-23)13-17(14-23)28(3)21-8-7-19(26-27-21)18-6-4-15(12-20(18)29)5-9-22(30)24-2/h4-9,12,16-17,25,29H,10-11,13-14H2,1-3H3,(H,24,30)/b9-5+/t16?,17-,23+/m1/s1. The zero-order chi connectivity index (χ0) is 21.3. The van der Waals surface area contributed by atoms with Gasteiger partial charge in [0, 0.05) is 43.4 Å². The molecule has 2 aliphatic heterocycles. The van der Waals surface area contributed by atoms with Gasteiger partial charge >= 0.3 is 0 Å². The summed E-state index contributed by atoms with van der Waals surface area (Å²) in [6.07, 6.45) is 7.79. The van der Waals surface area contributed by atoms with Gasteiger partial charge in [0.2, 0.25) is 5.91 Å². The van der Waals surface area contributed by atoms with E-state index in [1.807, 2.05) is 18.2 Å². The molecule has 2 saturated heterocycles. The van der Waals surface area contributed by atoms with Crippen LogP contribution in [0.4, 0.5) is 5.82 Å². The summed E-state index contributed by atoms with van der Waals surface area (Å²) in [6, 6.07) is 10.1. The smallest absolute Gasteiger partial charge is 0.243 e. The number of carbonyl (C=O) groups excluding carboxylic acids is 1. The normalized spacial score (nSPS) is 25.4. The van der Waals surface area contributed by atoms with Crippen molar-refractivity contribution in [3.05, 3.63) is 42.0 Å². The summed E-state index contributed by atoms with van der Waals surface area (Å²) < 4.78 is 0. The molecule has 3 N–H and O–H groups in total. The van der Waals surface area contributed by atoms with E-state index in [0.717, 1.165) is 24.2 Å². The van der Waals surface area contributed by atoms with Gasteiger partial charge in [-0.2, -0.15) is 0 Å². The maximum Gasteiger partial charge on any atom is 0.243 e. The van der Waals surface area contributed by atoms with Gasteiger partial charge in [0.05, 0.1) is 5.69 Å². The predicted octanol–water partition coefficient (Wildman–Crippen LogP) is 2.72. The minimum absolute atomic E-state index is 0.104. The number of amides is 1. The number of hydrogen-bond acceptors (Lipinski definition) is 6. The molecule has 3 heterocycles. The van der Waals surface area contributed by atoms with Gasteiger partial charge in [-0.15, -0.1) is 10.2 Å². The Kier molecular flexibility index (Phi) is 5.47. The number of carbonyl (C=O) groups is 1. The van der Waals surface area contributed by atoms with Crippen LogP contribution in [0.25, 0.3) is 17.3 Å². The SMILES string of the molecule is CNC(=O)/C=C/c1ccc(-c2ccc(N(C)[C@@H]3CC4CC[C@@](C)(C3)N4)nn2)c(O)c1. The van der Waals surface area contributed by atoms with Crippen LogP contribution in [0.15, 0.2) is 36.4 Å². The number of benzene rings is 1. The summed E-state index contributed by atoms with van der Waals surface area (Å²) in [4.78, 5) is 13.6. The van der Waals surface area contributed by atoms with E-state index in [4.69, 9.17) is 0 Å². The second-order valence-electron chi connectivity index (χ2n) is 8.65. The lowest BCUT2D eigenvalue weighted by molar-refractivity contribution is -0.115. The highest BCUT2D eigenvalue weighted by molar-refractivity contribution is 5.91. The van der Waals surface area contributed by atoms with Crippen LogP contribution in [-0.4, -0.2) is 52.9 Å². The van der Waals surface area contributed by atoms with E-state index in [0.29, 0.717) is 23.3 Å². The van der Waals surface area contributed by atoms with Crippen molar-refractivity contribution in [1.29, 1.82) is 0 Å². The number of nitrogens with zero attached hydrogens (tertiary/aromatic N) is 3. The minimum atomic E-state index is -0.195. The molecule has 2 bridgehead atoms. The van der Waals surface area contributed by atoms with Crippen LogP contribution < -0.4 is 15.5 Å². The number of rotatable bonds is 5. The molecular formula is C23H29N5O2. The third-order valence-electron chi connectivity index (χ3n) is 6.37. The van der Waals surface area contributed by atoms with Crippen LogP contribution >= 0.6 is 0 Å². The molecule has 2 aromatic rings. The molecule has 0 saturated carbocycles. The van der Waals surface area contributed by atoms with Crippen molar-refractivity contribution in [2.45, 2.75) is 50.2 Å². The summed E-state index contributed by atoms with van der Waals surface area (Å²) >= 11 is 0. The fraction of sp³-hybridized carbons (Fsp3) is 0.435. The lowest BCUT2D eigenvalue weighted by Gasteiger charge is -2.41. The van der Waals surface area contributed by atoms with Gasteiger partial charge in [0.15, 0.2) is 5.82 Å². The number of aromatic nitrogens is 2. The molecule has 30 heavy (non-hydrogen) atoms. The second kappa shape index (κ2) is 8.07. The van der Waals surface area contributed by atoms with Gasteiger partial charge in [-0.05, 0) is 68.5 Å². The Morgan fingerprint density at radius 3 is 2.83 bits per heavy atom. The van der Waals surface area contributed by atoms with Crippen LogP contribution in [-0.2, 0) is 4.79 Å². The molecule has 7 nitrogen and oxygen atoms in total. The molecule has 1 aromatic heterocycles. The highest BCUT2D eigenvalue weighted by Crippen LogP contribution is 2.38. The number of anilines is 1. The number of aromatic hydroxyl groups is 1. The van der Waals surface area contributed by atoms with E-state index in [1.165, 1.54) is 18.9 Å². The van der Waals surface area contributed by atoms with E-state index >= 15 is 0 Å². The second-order valence-corrected chi connectivity index (χ2v) is 8.65. The third kappa shape index (κ3) is 4.16. The van der Waals surface area contributed by atoms with Crippen molar-refractivity contribution in [2.24, 2.45) is 0 Å². The van der Waals surface area contributed by atoms with Gasteiger partial charge in [0.1, 0.15) is 5.75 Å². The van der Waals surface area contributed by atoms with Gasteiger partial charge in [-0.1, -0.05) is 6.07 Å². The van der Waals surface area contributed by atoms with E-state index in [2.05, 4.69) is 39.7 Å². The predicted molar refractivity (Wildman–Crippen MR) is 118 cm³/mol. The molecule has 1 aromatic carbocycles. The molecular weight excluding hydrogens is 378 g/mol. The zero-order valence-corrected chi connectivity index (χ0v) is 17.7. The van der Waals surface area contributed by atoms with Crippen molar-refractivity contribution in [3.63, 3.8) is 0 Å². The van der Waals surface area contributed by atoms with Crippen molar-refractivity contribution in [3.8, 4) is 17.0 Å². The van der Waals surface area contributed by atoms with Crippen LogP contribution in [0.1, 0.15) is 38.2 Å². The number of piperidine rings is 1. The van der Waals surface area contributed by atoms with E-state index in [-0.39, 0.29) is 17.2 Å². The zero-order valence-electron chi connectivity index (χ0n) is 17.7. The molecule has 0 radical (unpaired) electrons. The molecule has 1 unspecified atom stereocenters. The van der Waals surface area contributed by atoms with Crippen molar-refractivity contribution in [2.75, 3.05) is 19.0 Å². The average Bonchev–Trinajstić information content (AvgIpc) is 3.03. The fourth-order valence-corrected chi connectivity index (χ4v) is 4.66. The van der Waals surface area contributed by atoms with Gasteiger partial charge in [0.25, 0.3) is 0 Å².